The van der Waals surface area contributed by atoms with Crippen molar-refractivity contribution in [3.8, 4) is 0 Å². The fraction of sp³-hybridized carbons (Fsp3) is 0.571. The van der Waals surface area contributed by atoms with Crippen LogP contribution >= 0.6 is 12.2 Å². The summed E-state index contributed by atoms with van der Waals surface area (Å²) in [7, 11) is 0. The SMILES string of the molecule is CCNC(=S)N1CC2C[C@H](C1)c1cccc(=O)n1C2. The molecule has 1 aromatic rings. The Labute approximate surface area is 118 Å². The molecule has 0 radical (unpaired) electrons. The maximum Gasteiger partial charge on any atom is 0.250 e. The van der Waals surface area contributed by atoms with E-state index in [0.717, 1.165) is 31.3 Å². The van der Waals surface area contributed by atoms with Gasteiger partial charge in [0.2, 0.25) is 0 Å². The van der Waals surface area contributed by atoms with Gasteiger partial charge in [-0.25, -0.2) is 0 Å². The number of hydrogen-bond donors (Lipinski definition) is 1. The van der Waals surface area contributed by atoms with Gasteiger partial charge in [0.15, 0.2) is 5.11 Å². The van der Waals surface area contributed by atoms with Crippen LogP contribution in [0.15, 0.2) is 23.0 Å². The predicted molar refractivity (Wildman–Crippen MR) is 79.4 cm³/mol. The highest BCUT2D eigenvalue weighted by atomic mass is 32.1. The third-order valence-corrected chi connectivity index (χ3v) is 4.50. The Hall–Kier alpha value is -1.36. The molecule has 0 aliphatic carbocycles. The molecule has 0 saturated carbocycles. The Bertz CT molecular complexity index is 554. The zero-order chi connectivity index (χ0) is 13.4. The highest BCUT2D eigenvalue weighted by Gasteiger charge is 2.35. The van der Waals surface area contributed by atoms with E-state index in [9.17, 15) is 4.79 Å². The molecule has 2 atom stereocenters. The smallest absolute Gasteiger partial charge is 0.250 e. The second-order valence-corrected chi connectivity index (χ2v) is 5.83. The van der Waals surface area contributed by atoms with E-state index in [1.165, 1.54) is 12.1 Å². The standard InChI is InChI=1S/C14H19N3OS/c1-2-15-14(19)16-7-10-6-11(9-16)12-4-3-5-13(18)17(12)8-10/h3-5,10-11H,2,6-9H2,1H3,(H,15,19)/t10?,11-/m1/s1. The molecule has 1 saturated heterocycles. The van der Waals surface area contributed by atoms with E-state index in [1.807, 2.05) is 10.6 Å². The minimum Gasteiger partial charge on any atom is -0.363 e. The molecular formula is C14H19N3OS. The number of piperidine rings is 1. The van der Waals surface area contributed by atoms with Gasteiger partial charge < -0.3 is 14.8 Å². The van der Waals surface area contributed by atoms with Crippen molar-refractivity contribution in [1.82, 2.24) is 14.8 Å². The second kappa shape index (κ2) is 4.96. The van der Waals surface area contributed by atoms with E-state index in [4.69, 9.17) is 12.2 Å². The average molecular weight is 277 g/mol. The fourth-order valence-corrected chi connectivity index (χ4v) is 3.62. The first-order valence-corrected chi connectivity index (χ1v) is 7.32. The van der Waals surface area contributed by atoms with Crippen LogP contribution < -0.4 is 10.9 Å². The van der Waals surface area contributed by atoms with Crippen molar-refractivity contribution in [3.05, 3.63) is 34.2 Å². The lowest BCUT2D eigenvalue weighted by molar-refractivity contribution is 0.177. The summed E-state index contributed by atoms with van der Waals surface area (Å²) in [5.74, 6) is 0.959. The Morgan fingerprint density at radius 2 is 2.26 bits per heavy atom. The molecule has 1 unspecified atom stereocenters. The van der Waals surface area contributed by atoms with E-state index in [0.29, 0.717) is 11.8 Å². The summed E-state index contributed by atoms with van der Waals surface area (Å²) in [5.41, 5.74) is 1.31. The molecule has 3 rings (SSSR count). The third-order valence-electron chi connectivity index (χ3n) is 4.09. The van der Waals surface area contributed by atoms with Crippen molar-refractivity contribution in [2.75, 3.05) is 19.6 Å². The average Bonchev–Trinajstić information content (AvgIpc) is 2.40. The van der Waals surface area contributed by atoms with Crippen molar-refractivity contribution in [2.24, 2.45) is 5.92 Å². The largest absolute Gasteiger partial charge is 0.363 e. The Kier molecular flexibility index (Phi) is 3.31. The summed E-state index contributed by atoms with van der Waals surface area (Å²) in [6.45, 7) is 5.64. The molecule has 0 aromatic carbocycles. The van der Waals surface area contributed by atoms with Crippen LogP contribution in [0.5, 0.6) is 0 Å². The van der Waals surface area contributed by atoms with Crippen LogP contribution in [-0.2, 0) is 6.54 Å². The first kappa shape index (κ1) is 12.7. The fourth-order valence-electron chi connectivity index (χ4n) is 3.33. The van der Waals surface area contributed by atoms with Crippen molar-refractivity contribution in [3.63, 3.8) is 0 Å². The predicted octanol–water partition coefficient (Wildman–Crippen LogP) is 1.16. The number of rotatable bonds is 1. The summed E-state index contributed by atoms with van der Waals surface area (Å²) in [5, 5.41) is 4.08. The second-order valence-electron chi connectivity index (χ2n) is 5.44. The van der Waals surface area contributed by atoms with Crippen LogP contribution in [0, 0.1) is 5.92 Å². The van der Waals surface area contributed by atoms with Crippen molar-refractivity contribution in [1.29, 1.82) is 0 Å². The summed E-state index contributed by atoms with van der Waals surface area (Å²) in [6.07, 6.45) is 1.18. The van der Waals surface area contributed by atoms with E-state index in [1.54, 1.807) is 6.07 Å². The van der Waals surface area contributed by atoms with Crippen LogP contribution in [0.2, 0.25) is 0 Å². The molecule has 1 fully saturated rings. The van der Waals surface area contributed by atoms with E-state index in [2.05, 4.69) is 23.2 Å². The monoisotopic (exact) mass is 277 g/mol. The number of pyridine rings is 1. The number of hydrogen-bond acceptors (Lipinski definition) is 2. The van der Waals surface area contributed by atoms with Gasteiger partial charge in [0.1, 0.15) is 0 Å². The van der Waals surface area contributed by atoms with Gasteiger partial charge >= 0.3 is 0 Å². The van der Waals surface area contributed by atoms with Crippen LogP contribution in [0.3, 0.4) is 0 Å². The molecule has 5 heteroatoms. The van der Waals surface area contributed by atoms with Gasteiger partial charge in [0.05, 0.1) is 0 Å². The first-order chi connectivity index (χ1) is 9.19. The molecule has 0 spiro atoms. The Morgan fingerprint density at radius 3 is 3.05 bits per heavy atom. The lowest BCUT2D eigenvalue weighted by Crippen LogP contribution is -2.51. The third kappa shape index (κ3) is 2.27. The Morgan fingerprint density at radius 1 is 1.42 bits per heavy atom. The molecule has 102 valence electrons. The van der Waals surface area contributed by atoms with Gasteiger partial charge in [-0.1, -0.05) is 6.07 Å². The number of aromatic nitrogens is 1. The summed E-state index contributed by atoms with van der Waals surface area (Å²) < 4.78 is 1.95. The number of fused-ring (bicyclic) bond motifs is 4. The lowest BCUT2D eigenvalue weighted by atomic mass is 9.83. The quantitative estimate of drug-likeness (QED) is 0.782. The van der Waals surface area contributed by atoms with Crippen LogP contribution in [-0.4, -0.2) is 34.2 Å². The molecule has 19 heavy (non-hydrogen) atoms. The van der Waals surface area contributed by atoms with Gasteiger partial charge in [-0.2, -0.15) is 0 Å². The van der Waals surface area contributed by atoms with E-state index < -0.39 is 0 Å². The van der Waals surface area contributed by atoms with Crippen molar-refractivity contribution in [2.45, 2.75) is 25.8 Å². The van der Waals surface area contributed by atoms with Gasteiger partial charge in [-0.15, -0.1) is 0 Å². The topological polar surface area (TPSA) is 37.3 Å². The van der Waals surface area contributed by atoms with Crippen LogP contribution in [0.25, 0.3) is 0 Å². The lowest BCUT2D eigenvalue weighted by Gasteiger charge is -2.43. The molecular weight excluding hydrogens is 258 g/mol. The van der Waals surface area contributed by atoms with Gasteiger partial charge in [0.25, 0.3) is 5.56 Å². The summed E-state index contributed by atoms with van der Waals surface area (Å²) in [6, 6.07) is 5.61. The van der Waals surface area contributed by atoms with E-state index >= 15 is 0 Å². The highest BCUT2D eigenvalue weighted by Crippen LogP contribution is 2.34. The van der Waals surface area contributed by atoms with Gasteiger partial charge in [0, 0.05) is 43.9 Å². The number of nitrogens with one attached hydrogen (secondary N) is 1. The zero-order valence-corrected chi connectivity index (χ0v) is 11.9. The highest BCUT2D eigenvalue weighted by molar-refractivity contribution is 7.80. The van der Waals surface area contributed by atoms with Crippen molar-refractivity contribution >= 4 is 17.3 Å². The number of thiocarbonyl (C=S) groups is 1. The van der Waals surface area contributed by atoms with Crippen molar-refractivity contribution < 1.29 is 0 Å². The van der Waals surface area contributed by atoms with E-state index in [-0.39, 0.29) is 5.56 Å². The molecule has 2 aliphatic rings. The normalized spacial score (nSPS) is 24.8. The maximum absolute atomic E-state index is 11.9. The molecule has 3 heterocycles. The van der Waals surface area contributed by atoms with Crippen LogP contribution in [0.4, 0.5) is 0 Å². The molecule has 2 aliphatic heterocycles. The van der Waals surface area contributed by atoms with Gasteiger partial charge in [-0.05, 0) is 37.5 Å². The molecule has 1 N–H and O–H groups in total. The molecule has 4 nitrogen and oxygen atoms in total. The summed E-state index contributed by atoms with van der Waals surface area (Å²) >= 11 is 5.42. The zero-order valence-electron chi connectivity index (χ0n) is 11.1. The Balaban J connectivity index is 1.88. The minimum atomic E-state index is 0.134. The molecule has 2 bridgehead atoms. The number of likely N-dealkylation sites (tertiary alicyclic amines) is 1. The maximum atomic E-state index is 11.9. The molecule has 0 amide bonds. The van der Waals surface area contributed by atoms with Gasteiger partial charge in [-0.3, -0.25) is 4.79 Å². The van der Waals surface area contributed by atoms with Crippen LogP contribution in [0.1, 0.15) is 25.0 Å². The number of nitrogens with zero attached hydrogens (tertiary/aromatic N) is 2. The molecule has 1 aromatic heterocycles. The first-order valence-electron chi connectivity index (χ1n) is 6.91. The summed E-state index contributed by atoms with van der Waals surface area (Å²) in [4.78, 5) is 14.2. The minimum absolute atomic E-state index is 0.134.